The minimum atomic E-state index is -2.47. The molecule has 0 saturated heterocycles. The third-order valence-electron chi connectivity index (χ3n) is 2.23. The molecule has 0 radical (unpaired) electrons. The zero-order chi connectivity index (χ0) is 11.3. The molecule has 3 nitrogen and oxygen atoms in total. The molecule has 1 rings (SSSR count). The molecule has 0 atom stereocenters. The van der Waals surface area contributed by atoms with Gasteiger partial charge >= 0.3 is 0 Å². The third kappa shape index (κ3) is 4.88. The summed E-state index contributed by atoms with van der Waals surface area (Å²) in [6.45, 7) is -0.550. The first-order chi connectivity index (χ1) is 7.08. The van der Waals surface area contributed by atoms with Crippen LogP contribution >= 0.6 is 15.9 Å². The van der Waals surface area contributed by atoms with E-state index in [1.54, 1.807) is 0 Å². The summed E-state index contributed by atoms with van der Waals surface area (Å²) in [5.41, 5.74) is -0.0835. The number of carbonyl (C=O) groups excluding carboxylic acids is 1. The molecule has 0 aliphatic heterocycles. The number of carbonyl (C=O) groups is 1. The number of hydrogen-bond acceptors (Lipinski definition) is 2. The van der Waals surface area contributed by atoms with E-state index in [1.165, 1.54) is 0 Å². The van der Waals surface area contributed by atoms with Gasteiger partial charge in [-0.25, -0.2) is 8.78 Å². The van der Waals surface area contributed by atoms with E-state index in [0.29, 0.717) is 0 Å². The lowest BCUT2D eigenvalue weighted by atomic mass is 10.3. The molecule has 1 fully saturated rings. The van der Waals surface area contributed by atoms with Crippen LogP contribution in [0.2, 0.25) is 0 Å². The third-order valence-corrected chi connectivity index (χ3v) is 3.30. The average molecular weight is 286 g/mol. The van der Waals surface area contributed by atoms with Gasteiger partial charge in [-0.2, -0.15) is 0 Å². The van der Waals surface area contributed by atoms with Gasteiger partial charge in [0.1, 0.15) is 6.61 Å². The van der Waals surface area contributed by atoms with Crippen LogP contribution < -0.4 is 5.32 Å². The predicted octanol–water partition coefficient (Wildman–Crippen LogP) is 1.70. The van der Waals surface area contributed by atoms with Crippen LogP contribution in [0.3, 0.4) is 0 Å². The summed E-state index contributed by atoms with van der Waals surface area (Å²) in [4.78, 5) is 11.3. The minimum absolute atomic E-state index is 0.0501. The van der Waals surface area contributed by atoms with E-state index in [4.69, 9.17) is 0 Å². The molecule has 0 bridgehead atoms. The van der Waals surface area contributed by atoms with Crippen LogP contribution in [0, 0.1) is 0 Å². The molecule has 1 saturated carbocycles. The van der Waals surface area contributed by atoms with Gasteiger partial charge < -0.3 is 10.1 Å². The second-order valence-corrected chi connectivity index (χ2v) is 4.24. The lowest BCUT2D eigenvalue weighted by Crippen LogP contribution is -2.38. The molecular weight excluding hydrogens is 272 g/mol. The Labute approximate surface area is 95.7 Å². The van der Waals surface area contributed by atoms with Crippen molar-refractivity contribution in [2.75, 3.05) is 18.5 Å². The van der Waals surface area contributed by atoms with Gasteiger partial charge in [-0.05, 0) is 12.8 Å². The maximum atomic E-state index is 11.7. The molecule has 15 heavy (non-hydrogen) atoms. The molecule has 0 spiro atoms. The number of amides is 1. The summed E-state index contributed by atoms with van der Waals surface area (Å²) in [6, 6.07) is 0. The zero-order valence-corrected chi connectivity index (χ0v) is 9.86. The van der Waals surface area contributed by atoms with Gasteiger partial charge in [-0.3, -0.25) is 4.79 Å². The molecule has 88 valence electrons. The molecule has 1 amide bonds. The maximum Gasteiger partial charge on any atom is 0.261 e. The second kappa shape index (κ2) is 5.75. The quantitative estimate of drug-likeness (QED) is 0.571. The highest BCUT2D eigenvalue weighted by atomic mass is 79.9. The Bertz CT molecular complexity index is 222. The van der Waals surface area contributed by atoms with Crippen LogP contribution in [0.4, 0.5) is 8.78 Å². The summed E-state index contributed by atoms with van der Waals surface area (Å²) >= 11 is 3.32. The second-order valence-electron chi connectivity index (χ2n) is 3.68. The predicted molar refractivity (Wildman–Crippen MR) is 55.3 cm³/mol. The SMILES string of the molecule is O=C(CCOCC(F)F)NC1(CBr)CC1. The van der Waals surface area contributed by atoms with E-state index in [-0.39, 0.29) is 24.5 Å². The molecule has 0 aromatic rings. The van der Waals surface area contributed by atoms with Gasteiger partial charge in [-0.1, -0.05) is 15.9 Å². The molecule has 0 unspecified atom stereocenters. The van der Waals surface area contributed by atoms with Gasteiger partial charge in [0.15, 0.2) is 0 Å². The fraction of sp³-hybridized carbons (Fsp3) is 0.889. The number of hydrogen-bond donors (Lipinski definition) is 1. The Morgan fingerprint density at radius 3 is 2.67 bits per heavy atom. The van der Waals surface area contributed by atoms with Crippen LogP contribution in [0.1, 0.15) is 19.3 Å². The number of halogens is 3. The maximum absolute atomic E-state index is 11.7. The molecule has 1 N–H and O–H groups in total. The lowest BCUT2D eigenvalue weighted by Gasteiger charge is -2.13. The molecule has 6 heteroatoms. The van der Waals surface area contributed by atoms with Crippen molar-refractivity contribution in [2.45, 2.75) is 31.2 Å². The van der Waals surface area contributed by atoms with E-state index in [0.717, 1.165) is 18.2 Å². The summed E-state index contributed by atoms with van der Waals surface area (Å²) in [6.07, 6.45) is -0.379. The van der Waals surface area contributed by atoms with Gasteiger partial charge in [0.25, 0.3) is 6.43 Å². The molecular formula is C9H14BrF2NO2. The monoisotopic (exact) mass is 285 g/mol. The molecule has 1 aliphatic rings. The van der Waals surface area contributed by atoms with Gasteiger partial charge in [0.05, 0.1) is 6.61 Å². The van der Waals surface area contributed by atoms with Crippen LogP contribution in [0.25, 0.3) is 0 Å². The van der Waals surface area contributed by atoms with Gasteiger partial charge in [0, 0.05) is 17.3 Å². The fourth-order valence-corrected chi connectivity index (χ4v) is 1.84. The molecule has 0 heterocycles. The molecule has 0 aromatic heterocycles. The topological polar surface area (TPSA) is 38.3 Å². The Hall–Kier alpha value is -0.230. The minimum Gasteiger partial charge on any atom is -0.375 e. The normalized spacial score (nSPS) is 17.9. The summed E-state index contributed by atoms with van der Waals surface area (Å²) in [5, 5.41) is 3.59. The molecule has 0 aromatic carbocycles. The lowest BCUT2D eigenvalue weighted by molar-refractivity contribution is -0.123. The highest BCUT2D eigenvalue weighted by Crippen LogP contribution is 2.36. The summed E-state index contributed by atoms with van der Waals surface area (Å²) < 4.78 is 27.9. The molecule has 1 aliphatic carbocycles. The van der Waals surface area contributed by atoms with E-state index in [1.807, 2.05) is 0 Å². The van der Waals surface area contributed by atoms with Crippen molar-refractivity contribution in [3.8, 4) is 0 Å². The number of alkyl halides is 3. The van der Waals surface area contributed by atoms with Crippen LogP contribution in [0.15, 0.2) is 0 Å². The number of ether oxygens (including phenoxy) is 1. The summed E-state index contributed by atoms with van der Waals surface area (Å²) in [5.74, 6) is -0.138. The Morgan fingerprint density at radius 2 is 2.20 bits per heavy atom. The van der Waals surface area contributed by atoms with Crippen LogP contribution in [-0.4, -0.2) is 36.4 Å². The highest BCUT2D eigenvalue weighted by Gasteiger charge is 2.42. The highest BCUT2D eigenvalue weighted by molar-refractivity contribution is 9.09. The van der Waals surface area contributed by atoms with Crippen LogP contribution in [-0.2, 0) is 9.53 Å². The van der Waals surface area contributed by atoms with E-state index in [9.17, 15) is 13.6 Å². The Balaban J connectivity index is 2.04. The number of rotatable bonds is 7. The standard InChI is InChI=1S/C9H14BrF2NO2/c10-6-9(2-3-9)13-8(14)1-4-15-5-7(11)12/h7H,1-6H2,(H,13,14). The van der Waals surface area contributed by atoms with E-state index < -0.39 is 13.0 Å². The Morgan fingerprint density at radius 1 is 1.53 bits per heavy atom. The smallest absolute Gasteiger partial charge is 0.261 e. The van der Waals surface area contributed by atoms with Crippen molar-refractivity contribution >= 4 is 21.8 Å². The van der Waals surface area contributed by atoms with E-state index >= 15 is 0 Å². The zero-order valence-electron chi connectivity index (χ0n) is 8.27. The average Bonchev–Trinajstić information content (AvgIpc) is 2.93. The van der Waals surface area contributed by atoms with E-state index in [2.05, 4.69) is 26.0 Å². The summed E-state index contributed by atoms with van der Waals surface area (Å²) in [7, 11) is 0. The largest absolute Gasteiger partial charge is 0.375 e. The van der Waals surface area contributed by atoms with Gasteiger partial charge in [-0.15, -0.1) is 0 Å². The van der Waals surface area contributed by atoms with Crippen LogP contribution in [0.5, 0.6) is 0 Å². The first-order valence-corrected chi connectivity index (χ1v) is 5.93. The van der Waals surface area contributed by atoms with Crippen molar-refractivity contribution < 1.29 is 18.3 Å². The fourth-order valence-electron chi connectivity index (χ4n) is 1.14. The Kier molecular flexibility index (Phi) is 4.92. The first kappa shape index (κ1) is 12.8. The number of nitrogens with one attached hydrogen (secondary N) is 1. The van der Waals surface area contributed by atoms with Gasteiger partial charge in [0.2, 0.25) is 5.91 Å². The van der Waals surface area contributed by atoms with Crippen molar-refractivity contribution in [1.82, 2.24) is 5.32 Å². The van der Waals surface area contributed by atoms with Crippen molar-refractivity contribution in [3.63, 3.8) is 0 Å². The van der Waals surface area contributed by atoms with Crippen molar-refractivity contribution in [3.05, 3.63) is 0 Å². The first-order valence-electron chi connectivity index (χ1n) is 4.81. The van der Waals surface area contributed by atoms with Crippen molar-refractivity contribution in [2.24, 2.45) is 0 Å². The van der Waals surface area contributed by atoms with Crippen molar-refractivity contribution in [1.29, 1.82) is 0 Å².